The van der Waals surface area contributed by atoms with E-state index in [4.69, 9.17) is 0 Å². The highest BCUT2D eigenvalue weighted by molar-refractivity contribution is 5.74. The number of aromatic amines is 1. The molecule has 14 heavy (non-hydrogen) atoms. The number of carbonyl (C=O) groups excluding carboxylic acids is 1. The number of urea groups is 1. The minimum absolute atomic E-state index is 0.214. The summed E-state index contributed by atoms with van der Waals surface area (Å²) in [5.41, 5.74) is -0.231. The summed E-state index contributed by atoms with van der Waals surface area (Å²) in [4.78, 5) is 15.1. The van der Waals surface area contributed by atoms with Gasteiger partial charge in [-0.3, -0.25) is 5.10 Å². The zero-order valence-electron chi connectivity index (χ0n) is 8.59. The van der Waals surface area contributed by atoms with Crippen LogP contribution in [0, 0.1) is 0 Å². The van der Waals surface area contributed by atoms with Crippen LogP contribution in [0.1, 0.15) is 26.6 Å². The zero-order chi connectivity index (χ0) is 10.6. The van der Waals surface area contributed by atoms with Gasteiger partial charge in [-0.1, -0.05) is 0 Å². The van der Waals surface area contributed by atoms with E-state index in [1.54, 1.807) is 0 Å². The van der Waals surface area contributed by atoms with E-state index in [2.05, 4.69) is 25.8 Å². The molecule has 0 unspecified atom stereocenters. The maximum atomic E-state index is 11.3. The number of nitrogens with one attached hydrogen (secondary N) is 3. The molecule has 1 aromatic heterocycles. The van der Waals surface area contributed by atoms with Crippen molar-refractivity contribution >= 4 is 6.03 Å². The number of nitrogens with zero attached hydrogens (tertiary/aromatic N) is 2. The van der Waals surface area contributed by atoms with Gasteiger partial charge in [-0.2, -0.15) is 5.10 Å². The van der Waals surface area contributed by atoms with Gasteiger partial charge in [-0.25, -0.2) is 9.78 Å². The molecule has 6 heteroatoms. The van der Waals surface area contributed by atoms with E-state index in [0.29, 0.717) is 12.4 Å². The van der Waals surface area contributed by atoms with Crippen molar-refractivity contribution < 1.29 is 4.79 Å². The zero-order valence-corrected chi connectivity index (χ0v) is 8.59. The van der Waals surface area contributed by atoms with Crippen molar-refractivity contribution in [2.24, 2.45) is 0 Å². The van der Waals surface area contributed by atoms with Gasteiger partial charge in [-0.15, -0.1) is 0 Å². The van der Waals surface area contributed by atoms with Crippen LogP contribution in [0.25, 0.3) is 0 Å². The van der Waals surface area contributed by atoms with Gasteiger partial charge in [0.05, 0.1) is 6.54 Å². The van der Waals surface area contributed by atoms with E-state index in [1.807, 2.05) is 20.8 Å². The third-order valence-corrected chi connectivity index (χ3v) is 1.37. The fourth-order valence-electron chi connectivity index (χ4n) is 0.865. The Morgan fingerprint density at radius 3 is 2.79 bits per heavy atom. The lowest BCUT2D eigenvalue weighted by Gasteiger charge is -2.20. The van der Waals surface area contributed by atoms with Gasteiger partial charge in [0, 0.05) is 5.54 Å². The minimum atomic E-state index is -0.231. The van der Waals surface area contributed by atoms with Crippen molar-refractivity contribution in [2.75, 3.05) is 0 Å². The number of amides is 2. The van der Waals surface area contributed by atoms with E-state index in [0.717, 1.165) is 0 Å². The summed E-state index contributed by atoms with van der Waals surface area (Å²) in [6.45, 7) is 6.10. The largest absolute Gasteiger partial charge is 0.334 e. The molecule has 0 radical (unpaired) electrons. The summed E-state index contributed by atoms with van der Waals surface area (Å²) < 4.78 is 0. The summed E-state index contributed by atoms with van der Waals surface area (Å²) in [7, 11) is 0. The molecular formula is C8H15N5O. The molecule has 0 aliphatic heterocycles. The Bertz CT molecular complexity index is 287. The summed E-state index contributed by atoms with van der Waals surface area (Å²) in [6.07, 6.45) is 1.40. The Balaban J connectivity index is 2.29. The van der Waals surface area contributed by atoms with Gasteiger partial charge >= 0.3 is 6.03 Å². The number of rotatable bonds is 2. The van der Waals surface area contributed by atoms with Crippen LogP contribution in [0.3, 0.4) is 0 Å². The van der Waals surface area contributed by atoms with Gasteiger partial charge in [0.15, 0.2) is 0 Å². The molecule has 3 N–H and O–H groups in total. The molecule has 0 bridgehead atoms. The molecule has 0 fully saturated rings. The quantitative estimate of drug-likeness (QED) is 0.641. The lowest BCUT2D eigenvalue weighted by atomic mass is 10.1. The standard InChI is InChI=1S/C8H15N5O/c1-8(2,3)12-7(14)9-4-6-10-5-11-13-6/h5H,4H2,1-3H3,(H2,9,12,14)(H,10,11,13). The third kappa shape index (κ3) is 3.88. The van der Waals surface area contributed by atoms with Gasteiger partial charge in [0.1, 0.15) is 12.2 Å². The van der Waals surface area contributed by atoms with Crippen LogP contribution in [-0.4, -0.2) is 26.8 Å². The summed E-state index contributed by atoms with van der Waals surface area (Å²) in [5.74, 6) is 0.633. The SMILES string of the molecule is CC(C)(C)NC(=O)NCc1ncn[nH]1. The fourth-order valence-corrected chi connectivity index (χ4v) is 0.865. The third-order valence-electron chi connectivity index (χ3n) is 1.37. The molecule has 78 valence electrons. The van der Waals surface area contributed by atoms with Gasteiger partial charge in [-0.05, 0) is 20.8 Å². The van der Waals surface area contributed by atoms with Crippen LogP contribution in [0.2, 0.25) is 0 Å². The number of H-pyrrole nitrogens is 1. The maximum absolute atomic E-state index is 11.3. The van der Waals surface area contributed by atoms with E-state index in [9.17, 15) is 4.79 Å². The van der Waals surface area contributed by atoms with Crippen molar-refractivity contribution in [1.82, 2.24) is 25.8 Å². The van der Waals surface area contributed by atoms with Crippen LogP contribution < -0.4 is 10.6 Å². The predicted octanol–water partition coefficient (Wildman–Crippen LogP) is 0.402. The molecule has 0 aliphatic carbocycles. The number of aromatic nitrogens is 3. The average molecular weight is 197 g/mol. The van der Waals surface area contributed by atoms with Crippen molar-refractivity contribution in [3.05, 3.63) is 12.2 Å². The Kier molecular flexibility index (Phi) is 3.06. The smallest absolute Gasteiger partial charge is 0.315 e. The lowest BCUT2D eigenvalue weighted by Crippen LogP contribution is -2.46. The van der Waals surface area contributed by atoms with Crippen LogP contribution in [0.4, 0.5) is 4.79 Å². The molecule has 0 saturated carbocycles. The van der Waals surface area contributed by atoms with E-state index >= 15 is 0 Å². The van der Waals surface area contributed by atoms with E-state index in [1.165, 1.54) is 6.33 Å². The number of hydrogen-bond acceptors (Lipinski definition) is 3. The molecule has 1 heterocycles. The van der Waals surface area contributed by atoms with Gasteiger partial charge < -0.3 is 10.6 Å². The molecule has 1 rings (SSSR count). The first-order valence-electron chi connectivity index (χ1n) is 4.37. The second kappa shape index (κ2) is 4.08. The Labute approximate surface area is 82.5 Å². The summed E-state index contributed by atoms with van der Waals surface area (Å²) in [6, 6.07) is -0.214. The first kappa shape index (κ1) is 10.5. The number of hydrogen-bond donors (Lipinski definition) is 3. The summed E-state index contributed by atoms with van der Waals surface area (Å²) in [5, 5.41) is 11.7. The molecule has 0 atom stereocenters. The molecule has 0 spiro atoms. The molecule has 0 aliphatic rings. The monoisotopic (exact) mass is 197 g/mol. The van der Waals surface area contributed by atoms with Gasteiger partial charge in [0.2, 0.25) is 0 Å². The highest BCUT2D eigenvalue weighted by atomic mass is 16.2. The number of carbonyl (C=O) groups is 1. The highest BCUT2D eigenvalue weighted by Gasteiger charge is 2.12. The Morgan fingerprint density at radius 2 is 2.29 bits per heavy atom. The summed E-state index contributed by atoms with van der Waals surface area (Å²) >= 11 is 0. The lowest BCUT2D eigenvalue weighted by molar-refractivity contribution is 0.231. The molecule has 6 nitrogen and oxygen atoms in total. The predicted molar refractivity (Wildman–Crippen MR) is 51.5 cm³/mol. The minimum Gasteiger partial charge on any atom is -0.334 e. The van der Waals surface area contributed by atoms with Crippen molar-refractivity contribution in [2.45, 2.75) is 32.9 Å². The molecule has 0 aromatic carbocycles. The first-order valence-corrected chi connectivity index (χ1v) is 4.37. The molecular weight excluding hydrogens is 182 g/mol. The topological polar surface area (TPSA) is 82.7 Å². The van der Waals surface area contributed by atoms with Gasteiger partial charge in [0.25, 0.3) is 0 Å². The van der Waals surface area contributed by atoms with E-state index < -0.39 is 0 Å². The maximum Gasteiger partial charge on any atom is 0.315 e. The van der Waals surface area contributed by atoms with Crippen LogP contribution in [0.15, 0.2) is 6.33 Å². The van der Waals surface area contributed by atoms with Crippen molar-refractivity contribution in [1.29, 1.82) is 0 Å². The second-order valence-corrected chi connectivity index (χ2v) is 3.99. The molecule has 0 saturated heterocycles. The second-order valence-electron chi connectivity index (χ2n) is 3.99. The van der Waals surface area contributed by atoms with Crippen molar-refractivity contribution in [3.63, 3.8) is 0 Å². The fraction of sp³-hybridized carbons (Fsp3) is 0.625. The average Bonchev–Trinajstić information content (AvgIpc) is 2.49. The Hall–Kier alpha value is -1.59. The first-order chi connectivity index (χ1) is 6.47. The van der Waals surface area contributed by atoms with E-state index in [-0.39, 0.29) is 11.6 Å². The highest BCUT2D eigenvalue weighted by Crippen LogP contribution is 1.97. The molecule has 2 amide bonds. The van der Waals surface area contributed by atoms with Crippen LogP contribution in [0.5, 0.6) is 0 Å². The Morgan fingerprint density at radius 1 is 1.57 bits per heavy atom. The van der Waals surface area contributed by atoms with Crippen LogP contribution >= 0.6 is 0 Å². The normalized spacial score (nSPS) is 11.1. The van der Waals surface area contributed by atoms with Crippen LogP contribution in [-0.2, 0) is 6.54 Å². The van der Waals surface area contributed by atoms with Crippen molar-refractivity contribution in [3.8, 4) is 0 Å². The molecule has 1 aromatic rings.